The van der Waals surface area contributed by atoms with Gasteiger partial charge in [-0.25, -0.2) is 0 Å². The molecule has 1 heterocycles. The molecule has 0 spiro atoms. The molecule has 2 N–H and O–H groups in total. The highest BCUT2D eigenvalue weighted by Gasteiger charge is 2.15. The van der Waals surface area contributed by atoms with Crippen molar-refractivity contribution in [2.24, 2.45) is 5.92 Å². The lowest BCUT2D eigenvalue weighted by Gasteiger charge is -2.21. The van der Waals surface area contributed by atoms with Crippen LogP contribution in [0.3, 0.4) is 0 Å². The minimum absolute atomic E-state index is 0.888. The van der Waals surface area contributed by atoms with Gasteiger partial charge in [-0.2, -0.15) is 0 Å². The maximum atomic E-state index is 3.10. The number of hydrogen-bond donors (Lipinski definition) is 2. The topological polar surface area (TPSA) is 27.3 Å². The summed E-state index contributed by atoms with van der Waals surface area (Å²) in [5.74, 6) is 0.888. The first kappa shape index (κ1) is 8.88. The van der Waals surface area contributed by atoms with Crippen molar-refractivity contribution in [1.82, 2.24) is 16.0 Å². The van der Waals surface area contributed by atoms with Gasteiger partial charge in [-0.1, -0.05) is 25.7 Å². The van der Waals surface area contributed by atoms with Crippen molar-refractivity contribution in [2.45, 2.75) is 38.5 Å². The molecule has 0 saturated heterocycles. The molecule has 1 fully saturated rings. The molecular weight excluding hydrogens is 162 g/mol. The van der Waals surface area contributed by atoms with Gasteiger partial charge in [0, 0.05) is 18.9 Å². The van der Waals surface area contributed by atoms with E-state index in [0.717, 1.165) is 12.5 Å². The predicted octanol–water partition coefficient (Wildman–Crippen LogP) is 1.75. The minimum atomic E-state index is 0.888. The Bertz CT molecular complexity index is 171. The zero-order valence-corrected chi connectivity index (χ0v) is 8.13. The summed E-state index contributed by atoms with van der Waals surface area (Å²) in [5.41, 5.74) is 6.07. The van der Waals surface area contributed by atoms with Crippen LogP contribution in [0.1, 0.15) is 38.5 Å². The van der Waals surface area contributed by atoms with E-state index in [0.29, 0.717) is 0 Å². The van der Waals surface area contributed by atoms with Crippen molar-refractivity contribution in [3.63, 3.8) is 0 Å². The monoisotopic (exact) mass is 181 g/mol. The maximum absolute atomic E-state index is 3.10. The van der Waals surface area contributed by atoms with Crippen LogP contribution in [0.15, 0.2) is 12.4 Å². The molecule has 0 aromatic heterocycles. The van der Waals surface area contributed by atoms with Crippen LogP contribution in [0.4, 0.5) is 0 Å². The second kappa shape index (κ2) is 4.51. The molecule has 0 unspecified atom stereocenters. The van der Waals surface area contributed by atoms with Crippen LogP contribution < -0.4 is 11.0 Å². The van der Waals surface area contributed by atoms with Gasteiger partial charge >= 0.3 is 0 Å². The molecule has 0 bridgehead atoms. The standard InChI is InChI=1S/C10H19N3/c1-2-4-6-10(5-3-1)9-13-8-7-11-12-13/h7-8,10-12H,1-6,9H2. The highest BCUT2D eigenvalue weighted by molar-refractivity contribution is 4.84. The summed E-state index contributed by atoms with van der Waals surface area (Å²) < 4.78 is 0. The van der Waals surface area contributed by atoms with Crippen molar-refractivity contribution in [3.05, 3.63) is 12.4 Å². The van der Waals surface area contributed by atoms with Gasteiger partial charge < -0.3 is 5.43 Å². The van der Waals surface area contributed by atoms with Crippen LogP contribution >= 0.6 is 0 Å². The Morgan fingerprint density at radius 2 is 1.92 bits per heavy atom. The van der Waals surface area contributed by atoms with E-state index in [1.807, 2.05) is 6.20 Å². The molecule has 1 saturated carbocycles. The third-order valence-corrected chi connectivity index (χ3v) is 2.98. The molecule has 0 radical (unpaired) electrons. The maximum Gasteiger partial charge on any atom is 0.0384 e. The third kappa shape index (κ3) is 2.62. The van der Waals surface area contributed by atoms with Gasteiger partial charge in [-0.15, -0.1) is 5.53 Å². The Balaban J connectivity index is 1.75. The first-order valence-corrected chi connectivity index (χ1v) is 5.39. The van der Waals surface area contributed by atoms with Crippen LogP contribution in [-0.2, 0) is 0 Å². The fourth-order valence-corrected chi connectivity index (χ4v) is 2.22. The summed E-state index contributed by atoms with van der Waals surface area (Å²) in [6.45, 7) is 1.16. The minimum Gasteiger partial charge on any atom is -0.310 e. The molecule has 2 aliphatic rings. The van der Waals surface area contributed by atoms with Crippen molar-refractivity contribution in [3.8, 4) is 0 Å². The lowest BCUT2D eigenvalue weighted by atomic mass is 10.0. The Kier molecular flexibility index (Phi) is 3.08. The van der Waals surface area contributed by atoms with E-state index in [1.165, 1.54) is 38.5 Å². The molecule has 1 aliphatic heterocycles. The lowest BCUT2D eigenvalue weighted by molar-refractivity contribution is 0.219. The Morgan fingerprint density at radius 1 is 1.15 bits per heavy atom. The zero-order valence-electron chi connectivity index (χ0n) is 8.13. The average Bonchev–Trinajstić information content (AvgIpc) is 2.49. The van der Waals surface area contributed by atoms with Crippen molar-refractivity contribution >= 4 is 0 Å². The van der Waals surface area contributed by atoms with E-state index < -0.39 is 0 Å². The SMILES string of the molecule is C1=CN(CC2CCCCCC2)NN1. The summed E-state index contributed by atoms with van der Waals surface area (Å²) in [6.07, 6.45) is 12.6. The van der Waals surface area contributed by atoms with Crippen molar-refractivity contribution < 1.29 is 0 Å². The van der Waals surface area contributed by atoms with E-state index in [-0.39, 0.29) is 0 Å². The summed E-state index contributed by atoms with van der Waals surface area (Å²) in [6, 6.07) is 0. The number of rotatable bonds is 2. The first-order chi connectivity index (χ1) is 6.45. The second-order valence-electron chi connectivity index (χ2n) is 4.08. The van der Waals surface area contributed by atoms with Crippen LogP contribution in [0.25, 0.3) is 0 Å². The first-order valence-electron chi connectivity index (χ1n) is 5.39. The predicted molar refractivity (Wildman–Crippen MR) is 53.3 cm³/mol. The highest BCUT2D eigenvalue weighted by atomic mass is 15.7. The fourth-order valence-electron chi connectivity index (χ4n) is 2.22. The number of hydrazine groups is 2. The molecule has 3 heteroatoms. The van der Waals surface area contributed by atoms with E-state index in [2.05, 4.69) is 22.2 Å². The molecule has 0 aromatic rings. The quantitative estimate of drug-likeness (QED) is 0.636. The van der Waals surface area contributed by atoms with Gasteiger partial charge in [0.15, 0.2) is 0 Å². The van der Waals surface area contributed by atoms with Crippen molar-refractivity contribution in [2.75, 3.05) is 6.54 Å². The molecule has 0 atom stereocenters. The lowest BCUT2D eigenvalue weighted by Crippen LogP contribution is -2.38. The molecule has 3 nitrogen and oxygen atoms in total. The average molecular weight is 181 g/mol. The number of nitrogens with one attached hydrogen (secondary N) is 2. The fraction of sp³-hybridized carbons (Fsp3) is 0.800. The number of nitrogens with zero attached hydrogens (tertiary/aromatic N) is 1. The summed E-state index contributed by atoms with van der Waals surface area (Å²) in [5, 5.41) is 2.15. The van der Waals surface area contributed by atoms with Gasteiger partial charge in [0.25, 0.3) is 0 Å². The highest BCUT2D eigenvalue weighted by Crippen LogP contribution is 2.23. The third-order valence-electron chi connectivity index (χ3n) is 2.98. The van der Waals surface area contributed by atoms with E-state index in [1.54, 1.807) is 0 Å². The molecule has 0 amide bonds. The van der Waals surface area contributed by atoms with E-state index in [4.69, 9.17) is 0 Å². The molecule has 1 aliphatic carbocycles. The second-order valence-corrected chi connectivity index (χ2v) is 4.08. The van der Waals surface area contributed by atoms with Gasteiger partial charge in [-0.3, -0.25) is 5.01 Å². The van der Waals surface area contributed by atoms with Crippen molar-refractivity contribution in [1.29, 1.82) is 0 Å². The van der Waals surface area contributed by atoms with Gasteiger partial charge in [0.05, 0.1) is 0 Å². The van der Waals surface area contributed by atoms with E-state index >= 15 is 0 Å². The Labute approximate surface area is 80.1 Å². The summed E-state index contributed by atoms with van der Waals surface area (Å²) >= 11 is 0. The summed E-state index contributed by atoms with van der Waals surface area (Å²) in [7, 11) is 0. The molecule has 2 rings (SSSR count). The largest absolute Gasteiger partial charge is 0.310 e. The zero-order chi connectivity index (χ0) is 8.93. The normalized spacial score (nSPS) is 24.5. The van der Waals surface area contributed by atoms with Crippen LogP contribution in [0, 0.1) is 5.92 Å². The molecule has 13 heavy (non-hydrogen) atoms. The van der Waals surface area contributed by atoms with Crippen LogP contribution in [-0.4, -0.2) is 11.6 Å². The summed E-state index contributed by atoms with van der Waals surface area (Å²) in [4.78, 5) is 0. The molecule has 0 aromatic carbocycles. The Hall–Kier alpha value is -0.700. The molecule has 74 valence electrons. The Morgan fingerprint density at radius 3 is 2.54 bits per heavy atom. The van der Waals surface area contributed by atoms with Crippen LogP contribution in [0.5, 0.6) is 0 Å². The van der Waals surface area contributed by atoms with Gasteiger partial charge in [0.1, 0.15) is 0 Å². The van der Waals surface area contributed by atoms with E-state index in [9.17, 15) is 0 Å². The smallest absolute Gasteiger partial charge is 0.0384 e. The molecular formula is C10H19N3. The van der Waals surface area contributed by atoms with Crippen LogP contribution in [0.2, 0.25) is 0 Å². The van der Waals surface area contributed by atoms with Gasteiger partial charge in [-0.05, 0) is 18.8 Å². The van der Waals surface area contributed by atoms with Gasteiger partial charge in [0.2, 0.25) is 0 Å². The number of hydrogen-bond acceptors (Lipinski definition) is 3.